The van der Waals surface area contributed by atoms with Crippen molar-refractivity contribution in [2.45, 2.75) is 6.42 Å². The van der Waals surface area contributed by atoms with Crippen LogP contribution in [0, 0.1) is 0 Å². The lowest BCUT2D eigenvalue weighted by atomic mass is 10.1. The van der Waals surface area contributed by atoms with E-state index >= 15 is 0 Å². The topological polar surface area (TPSA) is 26.0 Å². The summed E-state index contributed by atoms with van der Waals surface area (Å²) in [5, 5.41) is 1.99. The zero-order chi connectivity index (χ0) is 8.27. The van der Waals surface area contributed by atoms with Gasteiger partial charge in [-0.05, 0) is 29.0 Å². The van der Waals surface area contributed by atoms with E-state index in [1.54, 1.807) is 0 Å². The Morgan fingerprint density at radius 3 is 2.45 bits per heavy atom. The monoisotopic (exact) mass is 147 g/mol. The van der Waals surface area contributed by atoms with Gasteiger partial charge in [0.05, 0.1) is 0 Å². The molecule has 0 bridgehead atoms. The van der Waals surface area contributed by atoms with Crippen molar-refractivity contribution >= 4 is 13.2 Å². The Kier molecular flexibility index (Phi) is 2.44. The molecule has 0 saturated heterocycles. The van der Waals surface area contributed by atoms with E-state index in [9.17, 15) is 0 Å². The molecule has 0 aromatic heterocycles. The van der Waals surface area contributed by atoms with Gasteiger partial charge in [0.1, 0.15) is 0 Å². The zero-order valence-electron chi connectivity index (χ0n) is 6.64. The lowest BCUT2D eigenvalue weighted by molar-refractivity contribution is 0.966. The fourth-order valence-corrected chi connectivity index (χ4v) is 1.00. The molecular formula is C10H13N. The molecule has 0 fully saturated rings. The Hall–Kier alpha value is -1.08. The van der Waals surface area contributed by atoms with Crippen molar-refractivity contribution in [3.8, 4) is 0 Å². The van der Waals surface area contributed by atoms with Crippen molar-refractivity contribution in [3.05, 3.63) is 34.2 Å². The van der Waals surface area contributed by atoms with Gasteiger partial charge < -0.3 is 5.73 Å². The zero-order valence-corrected chi connectivity index (χ0v) is 6.64. The standard InChI is InChI=1S/C10H13N/c1-8-3-4-10(5-6-11)7-9(8)2/h3-4,7H,1-2,5-6,11H2. The van der Waals surface area contributed by atoms with Gasteiger partial charge in [0.15, 0.2) is 0 Å². The van der Waals surface area contributed by atoms with Crippen molar-refractivity contribution in [2.75, 3.05) is 6.54 Å². The van der Waals surface area contributed by atoms with Crippen LogP contribution in [0.3, 0.4) is 0 Å². The summed E-state index contributed by atoms with van der Waals surface area (Å²) in [5.41, 5.74) is 6.65. The Balaban J connectivity index is 3.06. The molecule has 1 aromatic carbocycles. The van der Waals surface area contributed by atoms with E-state index in [1.807, 2.05) is 18.2 Å². The van der Waals surface area contributed by atoms with Gasteiger partial charge in [-0.15, -0.1) is 0 Å². The first-order valence-electron chi connectivity index (χ1n) is 3.71. The molecule has 11 heavy (non-hydrogen) atoms. The molecule has 0 radical (unpaired) electrons. The van der Waals surface area contributed by atoms with E-state index in [0.717, 1.165) is 16.9 Å². The fourth-order valence-electron chi connectivity index (χ4n) is 1.00. The van der Waals surface area contributed by atoms with Crippen LogP contribution in [-0.2, 0) is 6.42 Å². The van der Waals surface area contributed by atoms with Crippen LogP contribution in [0.2, 0.25) is 0 Å². The van der Waals surface area contributed by atoms with Crippen molar-refractivity contribution in [3.63, 3.8) is 0 Å². The molecule has 0 unspecified atom stereocenters. The maximum absolute atomic E-state index is 5.41. The summed E-state index contributed by atoms with van der Waals surface area (Å²) in [6.45, 7) is 8.38. The highest BCUT2D eigenvalue weighted by Gasteiger charge is 1.88. The van der Waals surface area contributed by atoms with Gasteiger partial charge in [-0.1, -0.05) is 31.4 Å². The molecule has 1 aromatic rings. The van der Waals surface area contributed by atoms with Crippen molar-refractivity contribution < 1.29 is 0 Å². The second kappa shape index (κ2) is 3.35. The van der Waals surface area contributed by atoms with Crippen LogP contribution in [-0.4, -0.2) is 6.54 Å². The average molecular weight is 147 g/mol. The second-order valence-corrected chi connectivity index (χ2v) is 2.64. The van der Waals surface area contributed by atoms with E-state index in [2.05, 4.69) is 13.2 Å². The van der Waals surface area contributed by atoms with Crippen LogP contribution >= 0.6 is 0 Å². The van der Waals surface area contributed by atoms with Crippen LogP contribution in [0.15, 0.2) is 18.2 Å². The Morgan fingerprint density at radius 1 is 1.18 bits per heavy atom. The fraction of sp³-hybridized carbons (Fsp3) is 0.200. The lowest BCUT2D eigenvalue weighted by Gasteiger charge is -1.96. The SMILES string of the molecule is C=c1ccc(CCN)cc1=C. The molecule has 1 rings (SSSR count). The van der Waals surface area contributed by atoms with Crippen molar-refractivity contribution in [2.24, 2.45) is 5.73 Å². The predicted molar refractivity (Wildman–Crippen MR) is 49.5 cm³/mol. The number of nitrogens with two attached hydrogens (primary N) is 1. The van der Waals surface area contributed by atoms with E-state index in [-0.39, 0.29) is 0 Å². The quantitative estimate of drug-likeness (QED) is 0.626. The first-order valence-corrected chi connectivity index (χ1v) is 3.71. The van der Waals surface area contributed by atoms with Gasteiger partial charge in [-0.2, -0.15) is 0 Å². The van der Waals surface area contributed by atoms with Gasteiger partial charge in [0.2, 0.25) is 0 Å². The summed E-state index contributed by atoms with van der Waals surface area (Å²) in [6, 6.07) is 6.06. The summed E-state index contributed by atoms with van der Waals surface area (Å²) in [5.74, 6) is 0. The molecule has 0 aliphatic rings. The van der Waals surface area contributed by atoms with Gasteiger partial charge in [0, 0.05) is 0 Å². The van der Waals surface area contributed by atoms with Crippen molar-refractivity contribution in [1.82, 2.24) is 0 Å². The Morgan fingerprint density at radius 2 is 1.91 bits per heavy atom. The molecule has 58 valence electrons. The number of rotatable bonds is 2. The molecule has 1 heteroatoms. The molecule has 0 heterocycles. The van der Waals surface area contributed by atoms with E-state index in [4.69, 9.17) is 5.73 Å². The third-order valence-electron chi connectivity index (χ3n) is 1.70. The molecule has 1 nitrogen and oxygen atoms in total. The molecule has 0 atom stereocenters. The number of hydrogen-bond acceptors (Lipinski definition) is 1. The highest BCUT2D eigenvalue weighted by molar-refractivity contribution is 5.23. The number of benzene rings is 1. The van der Waals surface area contributed by atoms with Gasteiger partial charge in [-0.25, -0.2) is 0 Å². The van der Waals surface area contributed by atoms with Crippen LogP contribution in [0.5, 0.6) is 0 Å². The van der Waals surface area contributed by atoms with Gasteiger partial charge in [-0.3, -0.25) is 0 Å². The Bertz CT molecular complexity index is 327. The average Bonchev–Trinajstić information content (AvgIpc) is 1.98. The number of hydrogen-bond donors (Lipinski definition) is 1. The third kappa shape index (κ3) is 1.92. The molecule has 0 aliphatic carbocycles. The molecule has 2 N–H and O–H groups in total. The molecular weight excluding hydrogens is 134 g/mol. The predicted octanol–water partition coefficient (Wildman–Crippen LogP) is 0.00840. The summed E-state index contributed by atoms with van der Waals surface area (Å²) in [4.78, 5) is 0. The normalized spacial score (nSPS) is 9.91. The van der Waals surface area contributed by atoms with E-state index in [0.29, 0.717) is 6.54 Å². The highest BCUT2D eigenvalue weighted by atomic mass is 14.5. The minimum Gasteiger partial charge on any atom is -0.330 e. The van der Waals surface area contributed by atoms with E-state index in [1.165, 1.54) is 5.56 Å². The molecule has 0 aliphatic heterocycles. The minimum atomic E-state index is 0.690. The summed E-state index contributed by atoms with van der Waals surface area (Å²) >= 11 is 0. The molecule has 0 amide bonds. The van der Waals surface area contributed by atoms with Crippen LogP contribution in [0.4, 0.5) is 0 Å². The van der Waals surface area contributed by atoms with E-state index < -0.39 is 0 Å². The largest absolute Gasteiger partial charge is 0.330 e. The Labute approximate surface area is 66.9 Å². The molecule has 0 saturated carbocycles. The second-order valence-electron chi connectivity index (χ2n) is 2.64. The highest BCUT2D eigenvalue weighted by Crippen LogP contribution is 1.90. The van der Waals surface area contributed by atoms with Gasteiger partial charge >= 0.3 is 0 Å². The minimum absolute atomic E-state index is 0.690. The maximum Gasteiger partial charge on any atom is -0.00367 e. The maximum atomic E-state index is 5.41. The van der Waals surface area contributed by atoms with Gasteiger partial charge in [0.25, 0.3) is 0 Å². The first kappa shape index (κ1) is 8.02. The third-order valence-corrected chi connectivity index (χ3v) is 1.70. The molecule has 0 spiro atoms. The summed E-state index contributed by atoms with van der Waals surface area (Å²) in [7, 11) is 0. The first-order chi connectivity index (χ1) is 5.24. The lowest BCUT2D eigenvalue weighted by Crippen LogP contribution is -2.21. The van der Waals surface area contributed by atoms with Crippen LogP contribution in [0.25, 0.3) is 13.2 Å². The smallest absolute Gasteiger partial charge is 0.00367 e. The summed E-state index contributed by atoms with van der Waals surface area (Å²) in [6.07, 6.45) is 0.919. The summed E-state index contributed by atoms with van der Waals surface area (Å²) < 4.78 is 0. The van der Waals surface area contributed by atoms with Crippen LogP contribution < -0.4 is 16.2 Å². The van der Waals surface area contributed by atoms with Crippen LogP contribution in [0.1, 0.15) is 5.56 Å². The van der Waals surface area contributed by atoms with Crippen molar-refractivity contribution in [1.29, 1.82) is 0 Å².